The maximum Gasteiger partial charge on any atom is 0.356 e. The molecule has 8 nitrogen and oxygen atoms in total. The molecule has 1 heterocycles. The lowest BCUT2D eigenvalue weighted by Gasteiger charge is -2.11. The molecule has 0 saturated heterocycles. The first-order valence-electron chi connectivity index (χ1n) is 5.80. The van der Waals surface area contributed by atoms with Gasteiger partial charge in [-0.15, -0.1) is 11.8 Å². The van der Waals surface area contributed by atoms with Crippen molar-refractivity contribution in [3.8, 4) is 0 Å². The standard InChI is InChI=1S/C12H11N3O5S/c1-13-7(17)4-21-6-3-5(16)9-8(11(6)18)10(15-14-9)12(19)20-2/h3H,4H2,1-2H3,(H,13,17)(H,14,15). The summed E-state index contributed by atoms with van der Waals surface area (Å²) in [6, 6.07) is 0. The number of fused-ring (bicyclic) bond motifs is 1. The number of amides is 1. The number of H-pyrrole nitrogens is 1. The number of esters is 1. The Balaban J connectivity index is 2.33. The Labute approximate surface area is 123 Å². The third-order valence-corrected chi connectivity index (χ3v) is 3.76. The van der Waals surface area contributed by atoms with E-state index < -0.39 is 17.5 Å². The highest BCUT2D eigenvalue weighted by molar-refractivity contribution is 8.04. The van der Waals surface area contributed by atoms with Crippen LogP contribution in [0.2, 0.25) is 0 Å². The molecule has 1 aromatic rings. The van der Waals surface area contributed by atoms with Gasteiger partial charge in [0.15, 0.2) is 5.69 Å². The van der Waals surface area contributed by atoms with Gasteiger partial charge in [0.25, 0.3) is 0 Å². The maximum absolute atomic E-state index is 12.3. The van der Waals surface area contributed by atoms with Crippen molar-refractivity contribution in [2.24, 2.45) is 0 Å². The summed E-state index contributed by atoms with van der Waals surface area (Å²) in [6.07, 6.45) is 1.11. The van der Waals surface area contributed by atoms with Crippen LogP contribution in [-0.2, 0) is 9.53 Å². The predicted molar refractivity (Wildman–Crippen MR) is 73.2 cm³/mol. The number of nitrogens with zero attached hydrogens (tertiary/aromatic N) is 1. The van der Waals surface area contributed by atoms with Crippen LogP contribution >= 0.6 is 11.8 Å². The fraction of sp³-hybridized carbons (Fsp3) is 0.250. The number of aromatic nitrogens is 2. The Morgan fingerprint density at radius 1 is 1.43 bits per heavy atom. The summed E-state index contributed by atoms with van der Waals surface area (Å²) in [5.74, 6) is -2.12. The van der Waals surface area contributed by atoms with Crippen LogP contribution in [0.25, 0.3) is 0 Å². The Morgan fingerprint density at radius 2 is 2.14 bits per heavy atom. The number of thioether (sulfide) groups is 1. The Kier molecular flexibility index (Phi) is 4.22. The molecule has 0 bridgehead atoms. The fourth-order valence-corrected chi connectivity index (χ4v) is 2.54. The van der Waals surface area contributed by atoms with Crippen LogP contribution in [0.15, 0.2) is 11.0 Å². The van der Waals surface area contributed by atoms with E-state index in [0.29, 0.717) is 0 Å². The van der Waals surface area contributed by atoms with Crippen molar-refractivity contribution in [3.63, 3.8) is 0 Å². The Hall–Kier alpha value is -2.42. The van der Waals surface area contributed by atoms with Crippen LogP contribution < -0.4 is 5.32 Å². The topological polar surface area (TPSA) is 118 Å². The van der Waals surface area contributed by atoms with Crippen molar-refractivity contribution in [3.05, 3.63) is 27.9 Å². The highest BCUT2D eigenvalue weighted by Crippen LogP contribution is 2.29. The molecule has 2 rings (SSSR count). The van der Waals surface area contributed by atoms with E-state index in [-0.39, 0.29) is 33.5 Å². The molecule has 0 atom stereocenters. The van der Waals surface area contributed by atoms with Gasteiger partial charge in [-0.2, -0.15) is 5.10 Å². The molecule has 1 aromatic heterocycles. The highest BCUT2D eigenvalue weighted by atomic mass is 32.2. The van der Waals surface area contributed by atoms with Gasteiger partial charge < -0.3 is 10.1 Å². The van der Waals surface area contributed by atoms with Crippen LogP contribution in [0, 0.1) is 0 Å². The monoisotopic (exact) mass is 309 g/mol. The van der Waals surface area contributed by atoms with Crippen molar-refractivity contribution in [2.75, 3.05) is 19.9 Å². The van der Waals surface area contributed by atoms with E-state index in [1.807, 2.05) is 0 Å². The molecule has 0 aliphatic heterocycles. The molecule has 1 aliphatic carbocycles. The first-order chi connectivity index (χ1) is 9.99. The summed E-state index contributed by atoms with van der Waals surface area (Å²) >= 11 is 0.922. The molecule has 9 heteroatoms. The molecular formula is C12H11N3O5S. The number of allylic oxidation sites excluding steroid dienone is 2. The first-order valence-corrected chi connectivity index (χ1v) is 6.79. The highest BCUT2D eigenvalue weighted by Gasteiger charge is 2.34. The number of methoxy groups -OCH3 is 1. The van der Waals surface area contributed by atoms with E-state index in [2.05, 4.69) is 20.3 Å². The van der Waals surface area contributed by atoms with Crippen LogP contribution in [0.3, 0.4) is 0 Å². The minimum atomic E-state index is -0.789. The lowest BCUT2D eigenvalue weighted by atomic mass is 9.99. The molecule has 0 unspecified atom stereocenters. The third kappa shape index (κ3) is 2.72. The molecule has 1 amide bonds. The molecule has 0 radical (unpaired) electrons. The van der Waals surface area contributed by atoms with Crippen molar-refractivity contribution in [1.29, 1.82) is 0 Å². The smallest absolute Gasteiger partial charge is 0.356 e. The van der Waals surface area contributed by atoms with Gasteiger partial charge in [-0.3, -0.25) is 19.5 Å². The second-order valence-electron chi connectivity index (χ2n) is 3.98. The van der Waals surface area contributed by atoms with E-state index >= 15 is 0 Å². The van der Waals surface area contributed by atoms with E-state index in [4.69, 9.17) is 0 Å². The number of Topliss-reactive ketones (excluding diaryl/α,β-unsaturated/α-hetero) is 1. The lowest BCUT2D eigenvalue weighted by Crippen LogP contribution is -2.22. The number of hydrogen-bond donors (Lipinski definition) is 2. The van der Waals surface area contributed by atoms with Crippen molar-refractivity contribution in [2.45, 2.75) is 0 Å². The zero-order valence-corrected chi connectivity index (χ0v) is 12.0. The number of ether oxygens (including phenoxy) is 1. The normalized spacial score (nSPS) is 13.5. The van der Waals surface area contributed by atoms with Gasteiger partial charge in [-0.05, 0) is 0 Å². The summed E-state index contributed by atoms with van der Waals surface area (Å²) in [7, 11) is 2.62. The summed E-state index contributed by atoms with van der Waals surface area (Å²) in [4.78, 5) is 47.1. The van der Waals surface area contributed by atoms with Crippen LogP contribution in [-0.4, -0.2) is 53.6 Å². The SMILES string of the molecule is CNC(=O)CSC1=CC(=O)c2n[nH]c(C(=O)OC)c2C1=O. The third-order valence-electron chi connectivity index (χ3n) is 2.74. The average molecular weight is 309 g/mol. The minimum Gasteiger partial charge on any atom is -0.464 e. The number of ketones is 2. The summed E-state index contributed by atoms with van der Waals surface area (Å²) < 4.78 is 4.53. The van der Waals surface area contributed by atoms with Crippen molar-refractivity contribution < 1.29 is 23.9 Å². The first kappa shape index (κ1) is 15.0. The second kappa shape index (κ2) is 5.92. The van der Waals surface area contributed by atoms with Gasteiger partial charge in [0.1, 0.15) is 5.69 Å². The van der Waals surface area contributed by atoms with E-state index in [9.17, 15) is 19.2 Å². The predicted octanol–water partition coefficient (Wildman–Crippen LogP) is -0.0616. The van der Waals surface area contributed by atoms with Crippen LogP contribution in [0.1, 0.15) is 31.3 Å². The van der Waals surface area contributed by atoms with Crippen LogP contribution in [0.4, 0.5) is 0 Å². The second-order valence-corrected chi connectivity index (χ2v) is 4.99. The maximum atomic E-state index is 12.3. The molecule has 21 heavy (non-hydrogen) atoms. The van der Waals surface area contributed by atoms with Crippen LogP contribution in [0.5, 0.6) is 0 Å². The van der Waals surface area contributed by atoms with Gasteiger partial charge in [0, 0.05) is 13.1 Å². The molecule has 0 fully saturated rings. The average Bonchev–Trinajstić information content (AvgIpc) is 2.93. The number of hydrogen-bond acceptors (Lipinski definition) is 7. The van der Waals surface area contributed by atoms with Gasteiger partial charge in [-0.1, -0.05) is 0 Å². The van der Waals surface area contributed by atoms with E-state index in [1.165, 1.54) is 7.05 Å². The van der Waals surface area contributed by atoms with Gasteiger partial charge >= 0.3 is 5.97 Å². The Bertz CT molecular complexity index is 676. The largest absolute Gasteiger partial charge is 0.464 e. The Morgan fingerprint density at radius 3 is 2.76 bits per heavy atom. The summed E-state index contributed by atoms with van der Waals surface area (Å²) in [5, 5.41) is 8.42. The molecular weight excluding hydrogens is 298 g/mol. The van der Waals surface area contributed by atoms with Crippen molar-refractivity contribution >= 4 is 35.2 Å². The minimum absolute atomic E-state index is 0.0118. The van der Waals surface area contributed by atoms with E-state index in [0.717, 1.165) is 24.9 Å². The number of rotatable bonds is 4. The summed E-state index contributed by atoms with van der Waals surface area (Å²) in [5.41, 5.74) is -0.407. The molecule has 0 spiro atoms. The van der Waals surface area contributed by atoms with E-state index in [1.54, 1.807) is 0 Å². The molecule has 0 saturated carbocycles. The number of nitrogens with one attached hydrogen (secondary N) is 2. The molecule has 0 aromatic carbocycles. The lowest BCUT2D eigenvalue weighted by molar-refractivity contribution is -0.118. The molecule has 2 N–H and O–H groups in total. The number of aromatic amines is 1. The zero-order chi connectivity index (χ0) is 15.6. The quantitative estimate of drug-likeness (QED) is 0.748. The van der Waals surface area contributed by atoms with Gasteiger partial charge in [0.05, 0.1) is 23.3 Å². The van der Waals surface area contributed by atoms with Crippen molar-refractivity contribution in [1.82, 2.24) is 15.5 Å². The van der Waals surface area contributed by atoms with Gasteiger partial charge in [-0.25, -0.2) is 4.79 Å². The fourth-order valence-electron chi connectivity index (χ4n) is 1.69. The van der Waals surface area contributed by atoms with Gasteiger partial charge in [0.2, 0.25) is 17.5 Å². The molecule has 110 valence electrons. The number of carbonyl (C=O) groups excluding carboxylic acids is 4. The summed E-state index contributed by atoms with van der Waals surface area (Å²) in [6.45, 7) is 0. The molecule has 1 aliphatic rings. The number of carbonyl (C=O) groups is 4. The zero-order valence-electron chi connectivity index (χ0n) is 11.2.